The smallest absolute Gasteiger partial charge is 0.262 e. The van der Waals surface area contributed by atoms with Crippen LogP contribution >= 0.6 is 0 Å². The molecule has 0 atom stereocenters. The molecule has 0 saturated heterocycles. The minimum absolute atomic E-state index is 0.0710. The second-order valence-corrected chi connectivity index (χ2v) is 5.91. The van der Waals surface area contributed by atoms with Crippen LogP contribution in [-0.4, -0.2) is 32.1 Å². The van der Waals surface area contributed by atoms with Gasteiger partial charge < -0.3 is 10.1 Å². The van der Waals surface area contributed by atoms with E-state index in [4.69, 9.17) is 4.74 Å². The molecule has 0 aliphatic heterocycles. The number of amides is 1. The van der Waals surface area contributed by atoms with Gasteiger partial charge >= 0.3 is 0 Å². The molecule has 2 aromatic heterocycles. The highest BCUT2D eigenvalue weighted by atomic mass is 16.5. The van der Waals surface area contributed by atoms with Gasteiger partial charge in [-0.3, -0.25) is 9.48 Å². The van der Waals surface area contributed by atoms with Crippen molar-refractivity contribution in [2.24, 2.45) is 7.05 Å². The number of ether oxygens (including phenoxy) is 1. The highest BCUT2D eigenvalue weighted by molar-refractivity contribution is 5.92. The summed E-state index contributed by atoms with van der Waals surface area (Å²) in [5.74, 6) is 0.426. The summed E-state index contributed by atoms with van der Waals surface area (Å²) in [5.41, 5.74) is 4.17. The SMILES string of the molecule is Cc1ccn(-c2cccc(NC(=O)COc3c(C)nn(C)c3C)c2)n1. The first kappa shape index (κ1) is 16.8. The van der Waals surface area contributed by atoms with Crippen molar-refractivity contribution in [2.75, 3.05) is 11.9 Å². The summed E-state index contributed by atoms with van der Waals surface area (Å²) in [6.07, 6.45) is 1.88. The number of hydrogen-bond acceptors (Lipinski definition) is 4. The molecule has 25 heavy (non-hydrogen) atoms. The van der Waals surface area contributed by atoms with E-state index in [0.29, 0.717) is 11.4 Å². The van der Waals surface area contributed by atoms with Crippen molar-refractivity contribution in [2.45, 2.75) is 20.8 Å². The number of aryl methyl sites for hydroxylation is 3. The molecular formula is C18H21N5O2. The fourth-order valence-electron chi connectivity index (χ4n) is 2.58. The number of nitrogens with one attached hydrogen (secondary N) is 1. The van der Waals surface area contributed by atoms with Crippen molar-refractivity contribution in [3.63, 3.8) is 0 Å². The van der Waals surface area contributed by atoms with Gasteiger partial charge in [0.15, 0.2) is 12.4 Å². The van der Waals surface area contributed by atoms with Gasteiger partial charge in [-0.05, 0) is 45.0 Å². The molecule has 0 saturated carbocycles. The summed E-state index contributed by atoms with van der Waals surface area (Å²) in [7, 11) is 1.85. The van der Waals surface area contributed by atoms with E-state index in [-0.39, 0.29) is 12.5 Å². The predicted octanol–water partition coefficient (Wildman–Crippen LogP) is 2.55. The van der Waals surface area contributed by atoms with Crippen LogP contribution in [0.15, 0.2) is 36.5 Å². The average molecular weight is 339 g/mol. The van der Waals surface area contributed by atoms with Crippen LogP contribution < -0.4 is 10.1 Å². The predicted molar refractivity (Wildman–Crippen MR) is 95.1 cm³/mol. The van der Waals surface area contributed by atoms with E-state index in [1.54, 1.807) is 9.36 Å². The number of carbonyl (C=O) groups is 1. The molecule has 0 unspecified atom stereocenters. The van der Waals surface area contributed by atoms with Gasteiger partial charge in [-0.15, -0.1) is 0 Å². The zero-order valence-corrected chi connectivity index (χ0v) is 14.8. The van der Waals surface area contributed by atoms with E-state index in [2.05, 4.69) is 15.5 Å². The molecule has 2 heterocycles. The Morgan fingerprint density at radius 1 is 1.20 bits per heavy atom. The molecule has 1 amide bonds. The maximum Gasteiger partial charge on any atom is 0.262 e. The molecule has 130 valence electrons. The van der Waals surface area contributed by atoms with E-state index >= 15 is 0 Å². The number of anilines is 1. The first-order valence-corrected chi connectivity index (χ1v) is 7.99. The van der Waals surface area contributed by atoms with E-state index in [0.717, 1.165) is 22.8 Å². The fourth-order valence-corrected chi connectivity index (χ4v) is 2.58. The van der Waals surface area contributed by atoms with Gasteiger partial charge in [-0.2, -0.15) is 10.2 Å². The number of benzene rings is 1. The molecule has 3 aromatic rings. The summed E-state index contributed by atoms with van der Waals surface area (Å²) in [5, 5.41) is 11.5. The molecule has 1 aromatic carbocycles. The molecule has 0 spiro atoms. The van der Waals surface area contributed by atoms with Crippen LogP contribution in [0.2, 0.25) is 0 Å². The van der Waals surface area contributed by atoms with Gasteiger partial charge in [0.2, 0.25) is 0 Å². The van der Waals surface area contributed by atoms with Crippen LogP contribution in [0.3, 0.4) is 0 Å². The van der Waals surface area contributed by atoms with Crippen molar-refractivity contribution >= 4 is 11.6 Å². The van der Waals surface area contributed by atoms with Crippen LogP contribution in [0.25, 0.3) is 5.69 Å². The molecule has 0 fully saturated rings. The van der Waals surface area contributed by atoms with Gasteiger partial charge in [0, 0.05) is 18.9 Å². The molecule has 0 radical (unpaired) electrons. The van der Waals surface area contributed by atoms with Crippen LogP contribution in [0, 0.1) is 20.8 Å². The maximum atomic E-state index is 12.2. The summed E-state index contributed by atoms with van der Waals surface area (Å²) >= 11 is 0. The second kappa shape index (κ2) is 6.80. The highest BCUT2D eigenvalue weighted by Gasteiger charge is 2.12. The third-order valence-corrected chi connectivity index (χ3v) is 3.91. The lowest BCUT2D eigenvalue weighted by molar-refractivity contribution is -0.118. The molecule has 0 aliphatic carbocycles. The monoisotopic (exact) mass is 339 g/mol. The summed E-state index contributed by atoms with van der Waals surface area (Å²) in [6.45, 7) is 5.62. The third-order valence-electron chi connectivity index (χ3n) is 3.91. The lowest BCUT2D eigenvalue weighted by atomic mass is 10.2. The molecular weight excluding hydrogens is 318 g/mol. The minimum Gasteiger partial charge on any atom is -0.480 e. The second-order valence-electron chi connectivity index (χ2n) is 5.91. The Bertz CT molecular complexity index is 910. The quantitative estimate of drug-likeness (QED) is 0.775. The standard InChI is InChI=1S/C18H21N5O2/c1-12-8-9-23(20-12)16-7-5-6-15(10-16)19-17(24)11-25-18-13(2)21-22(4)14(18)3/h5-10H,11H2,1-4H3,(H,19,24). The summed E-state index contributed by atoms with van der Waals surface area (Å²) < 4.78 is 9.13. The number of nitrogens with zero attached hydrogens (tertiary/aromatic N) is 4. The van der Waals surface area contributed by atoms with Gasteiger partial charge in [-0.1, -0.05) is 6.07 Å². The van der Waals surface area contributed by atoms with E-state index in [1.165, 1.54) is 0 Å². The van der Waals surface area contributed by atoms with Crippen molar-refractivity contribution in [1.82, 2.24) is 19.6 Å². The van der Waals surface area contributed by atoms with Crippen LogP contribution in [0.5, 0.6) is 5.75 Å². The number of rotatable bonds is 5. The Morgan fingerprint density at radius 3 is 2.64 bits per heavy atom. The first-order valence-electron chi connectivity index (χ1n) is 7.99. The van der Waals surface area contributed by atoms with E-state index in [1.807, 2.05) is 64.3 Å². The van der Waals surface area contributed by atoms with Gasteiger partial charge in [0.05, 0.1) is 17.1 Å². The van der Waals surface area contributed by atoms with Crippen molar-refractivity contribution in [3.8, 4) is 11.4 Å². The van der Waals surface area contributed by atoms with Crippen molar-refractivity contribution < 1.29 is 9.53 Å². The Kier molecular flexibility index (Phi) is 4.56. The van der Waals surface area contributed by atoms with Crippen LogP contribution in [0.4, 0.5) is 5.69 Å². The zero-order valence-electron chi connectivity index (χ0n) is 14.8. The zero-order chi connectivity index (χ0) is 18.0. The molecule has 7 heteroatoms. The fraction of sp³-hybridized carbons (Fsp3) is 0.278. The average Bonchev–Trinajstić information content (AvgIpc) is 3.10. The number of aromatic nitrogens is 4. The Balaban J connectivity index is 1.65. The minimum atomic E-state index is -0.226. The summed E-state index contributed by atoms with van der Waals surface area (Å²) in [4.78, 5) is 12.2. The highest BCUT2D eigenvalue weighted by Crippen LogP contribution is 2.21. The molecule has 0 bridgehead atoms. The largest absolute Gasteiger partial charge is 0.480 e. The normalized spacial score (nSPS) is 10.7. The molecule has 3 rings (SSSR count). The molecule has 7 nitrogen and oxygen atoms in total. The van der Waals surface area contributed by atoms with Gasteiger partial charge in [0.1, 0.15) is 5.69 Å². The molecule has 1 N–H and O–H groups in total. The Labute approximate surface area is 146 Å². The topological polar surface area (TPSA) is 74.0 Å². The van der Waals surface area contributed by atoms with Gasteiger partial charge in [-0.25, -0.2) is 4.68 Å². The Morgan fingerprint density at radius 2 is 2.00 bits per heavy atom. The van der Waals surface area contributed by atoms with Crippen LogP contribution in [-0.2, 0) is 11.8 Å². The van der Waals surface area contributed by atoms with Crippen molar-refractivity contribution in [1.29, 1.82) is 0 Å². The lowest BCUT2D eigenvalue weighted by Gasteiger charge is -2.09. The number of hydrogen-bond donors (Lipinski definition) is 1. The lowest BCUT2D eigenvalue weighted by Crippen LogP contribution is -2.20. The molecule has 0 aliphatic rings. The number of carbonyl (C=O) groups excluding carboxylic acids is 1. The summed E-state index contributed by atoms with van der Waals surface area (Å²) in [6, 6.07) is 9.43. The van der Waals surface area contributed by atoms with E-state index in [9.17, 15) is 4.79 Å². The first-order chi connectivity index (χ1) is 11.9. The Hall–Kier alpha value is -3.09. The van der Waals surface area contributed by atoms with Gasteiger partial charge in [0.25, 0.3) is 5.91 Å². The third kappa shape index (κ3) is 3.71. The van der Waals surface area contributed by atoms with Crippen LogP contribution in [0.1, 0.15) is 17.1 Å². The maximum absolute atomic E-state index is 12.2. The van der Waals surface area contributed by atoms with E-state index < -0.39 is 0 Å². The van der Waals surface area contributed by atoms with Crippen molar-refractivity contribution in [3.05, 3.63) is 53.6 Å².